The highest BCUT2D eigenvalue weighted by Gasteiger charge is 2.15. The predicted molar refractivity (Wildman–Crippen MR) is 59.3 cm³/mol. The summed E-state index contributed by atoms with van der Waals surface area (Å²) >= 11 is 0. The van der Waals surface area contributed by atoms with Crippen LogP contribution in [0.5, 0.6) is 0 Å². The summed E-state index contributed by atoms with van der Waals surface area (Å²) in [6.07, 6.45) is 2.22. The molecule has 0 atom stereocenters. The van der Waals surface area contributed by atoms with Crippen molar-refractivity contribution in [3.63, 3.8) is 0 Å². The molecule has 94 valence electrons. The Labute approximate surface area is 97.9 Å². The largest absolute Gasteiger partial charge is 0.382 e. The molecule has 0 aromatic heterocycles. The molecule has 0 saturated carbocycles. The summed E-state index contributed by atoms with van der Waals surface area (Å²) in [5, 5.41) is 19.6. The molecule has 0 bridgehead atoms. The van der Waals surface area contributed by atoms with Crippen molar-refractivity contribution in [1.29, 1.82) is 5.41 Å². The van der Waals surface area contributed by atoms with Gasteiger partial charge in [0, 0.05) is 19.3 Å². The molecule has 1 aliphatic heterocycles. The van der Waals surface area contributed by atoms with Crippen molar-refractivity contribution in [1.82, 2.24) is 10.2 Å². The molecular weight excluding hydrogens is 228 g/mol. The highest BCUT2D eigenvalue weighted by molar-refractivity contribution is 5.83. The number of carbonyl (C=O) groups excluding carboxylic acids is 1. The fourth-order valence-corrected chi connectivity index (χ4v) is 1.27. The molecular formula is C9H14N4O4. The zero-order valence-electron chi connectivity index (χ0n) is 9.22. The van der Waals surface area contributed by atoms with Crippen molar-refractivity contribution in [3.8, 4) is 0 Å². The monoisotopic (exact) mass is 242 g/mol. The molecule has 2 N–H and O–H groups in total. The van der Waals surface area contributed by atoms with Gasteiger partial charge in [0.1, 0.15) is 0 Å². The van der Waals surface area contributed by atoms with Gasteiger partial charge in [-0.25, -0.2) is 0 Å². The number of amidine groups is 1. The lowest BCUT2D eigenvalue weighted by Gasteiger charge is -2.26. The number of ether oxygens (including phenoxy) is 1. The third-order valence-electron chi connectivity index (χ3n) is 2.17. The number of rotatable bonds is 4. The van der Waals surface area contributed by atoms with Crippen LogP contribution in [-0.2, 0) is 9.53 Å². The lowest BCUT2D eigenvalue weighted by molar-refractivity contribution is -0.349. The zero-order chi connectivity index (χ0) is 12.7. The van der Waals surface area contributed by atoms with Crippen LogP contribution in [0.4, 0.5) is 0 Å². The maximum absolute atomic E-state index is 11.6. The predicted octanol–water partition coefficient (Wildman–Crippen LogP) is -0.798. The molecule has 1 saturated heterocycles. The van der Waals surface area contributed by atoms with Gasteiger partial charge in [0.2, 0.25) is 5.91 Å². The Bertz CT molecular complexity index is 336. The van der Waals surface area contributed by atoms with Gasteiger partial charge < -0.3 is 25.1 Å². The number of nitrogens with one attached hydrogen (secondary N) is 2. The van der Waals surface area contributed by atoms with Crippen LogP contribution in [0.3, 0.4) is 0 Å². The number of nitro groups is 1. The molecule has 0 radical (unpaired) electrons. The van der Waals surface area contributed by atoms with Gasteiger partial charge in [0.05, 0.1) is 25.8 Å². The SMILES string of the molecule is N=C(/C=C\NCC(=O)N1CCOCC1)[N+](=O)[O-]. The molecule has 8 heteroatoms. The number of nitrogens with zero attached hydrogens (tertiary/aromatic N) is 2. The lowest BCUT2D eigenvalue weighted by atomic mass is 10.4. The molecule has 0 aromatic rings. The Balaban J connectivity index is 2.23. The van der Waals surface area contributed by atoms with Crippen LogP contribution in [0.25, 0.3) is 0 Å². The lowest BCUT2D eigenvalue weighted by Crippen LogP contribution is -2.44. The van der Waals surface area contributed by atoms with Crippen molar-refractivity contribution in [3.05, 3.63) is 22.4 Å². The minimum Gasteiger partial charge on any atom is -0.382 e. The standard InChI is InChI=1S/C9H14N4O4/c10-8(13(15)16)1-2-11-7-9(14)12-3-5-17-6-4-12/h1-2,10-11H,3-7H2/b2-1-,10-8?. The van der Waals surface area contributed by atoms with Crippen molar-refractivity contribution in [2.24, 2.45) is 0 Å². The van der Waals surface area contributed by atoms with Crippen molar-refractivity contribution < 1.29 is 14.5 Å². The maximum Gasteiger partial charge on any atom is 0.357 e. The Kier molecular flexibility index (Phi) is 5.08. The van der Waals surface area contributed by atoms with Crippen LogP contribution in [-0.4, -0.2) is 54.4 Å². The van der Waals surface area contributed by atoms with E-state index >= 15 is 0 Å². The first kappa shape index (κ1) is 13.1. The van der Waals surface area contributed by atoms with Gasteiger partial charge in [-0.2, -0.15) is 0 Å². The van der Waals surface area contributed by atoms with E-state index in [0.717, 1.165) is 6.08 Å². The first-order valence-corrected chi connectivity index (χ1v) is 5.09. The number of hydrogen-bond acceptors (Lipinski definition) is 6. The van der Waals surface area contributed by atoms with E-state index in [1.54, 1.807) is 4.90 Å². The quantitative estimate of drug-likeness (QED) is 0.290. The summed E-state index contributed by atoms with van der Waals surface area (Å²) < 4.78 is 5.10. The van der Waals surface area contributed by atoms with Crippen LogP contribution in [0.2, 0.25) is 0 Å². The highest BCUT2D eigenvalue weighted by Crippen LogP contribution is 1.96. The van der Waals surface area contributed by atoms with Crippen LogP contribution in [0.1, 0.15) is 0 Å². The smallest absolute Gasteiger partial charge is 0.357 e. The summed E-state index contributed by atoms with van der Waals surface area (Å²) in [6, 6.07) is 0. The van der Waals surface area contributed by atoms with E-state index in [-0.39, 0.29) is 12.5 Å². The van der Waals surface area contributed by atoms with E-state index in [0.29, 0.717) is 26.3 Å². The van der Waals surface area contributed by atoms with Gasteiger partial charge in [-0.15, -0.1) is 0 Å². The molecule has 1 amide bonds. The van der Waals surface area contributed by atoms with Crippen molar-refractivity contribution in [2.45, 2.75) is 0 Å². The number of amides is 1. The van der Waals surface area contributed by atoms with E-state index in [1.165, 1.54) is 6.20 Å². The molecule has 17 heavy (non-hydrogen) atoms. The molecule has 0 unspecified atom stereocenters. The van der Waals surface area contributed by atoms with Gasteiger partial charge in [-0.05, 0) is 4.92 Å². The molecule has 1 heterocycles. The molecule has 1 rings (SSSR count). The van der Waals surface area contributed by atoms with Gasteiger partial charge in [0.25, 0.3) is 0 Å². The third kappa shape index (κ3) is 4.60. The Morgan fingerprint density at radius 3 is 2.76 bits per heavy atom. The van der Waals surface area contributed by atoms with E-state index in [9.17, 15) is 14.9 Å². The van der Waals surface area contributed by atoms with Crippen LogP contribution < -0.4 is 5.32 Å². The molecule has 0 aliphatic carbocycles. The van der Waals surface area contributed by atoms with Crippen LogP contribution >= 0.6 is 0 Å². The van der Waals surface area contributed by atoms with E-state index in [1.807, 2.05) is 0 Å². The molecule has 8 nitrogen and oxygen atoms in total. The fourth-order valence-electron chi connectivity index (χ4n) is 1.27. The van der Waals surface area contributed by atoms with E-state index in [2.05, 4.69) is 5.32 Å². The minimum atomic E-state index is -0.817. The molecule has 1 fully saturated rings. The average molecular weight is 242 g/mol. The normalized spacial score (nSPS) is 15.9. The summed E-state index contributed by atoms with van der Waals surface area (Å²) in [5.41, 5.74) is 0. The summed E-state index contributed by atoms with van der Waals surface area (Å²) in [7, 11) is 0. The zero-order valence-corrected chi connectivity index (χ0v) is 9.22. The summed E-state index contributed by atoms with van der Waals surface area (Å²) in [5.74, 6) is -0.818. The Morgan fingerprint density at radius 2 is 2.18 bits per heavy atom. The van der Waals surface area contributed by atoms with Gasteiger partial charge in [-0.3, -0.25) is 4.79 Å². The number of carbonyl (C=O) groups is 1. The second-order valence-electron chi connectivity index (χ2n) is 3.35. The topological polar surface area (TPSA) is 109 Å². The van der Waals surface area contributed by atoms with E-state index in [4.69, 9.17) is 10.1 Å². The fraction of sp³-hybridized carbons (Fsp3) is 0.556. The first-order valence-electron chi connectivity index (χ1n) is 5.09. The molecule has 0 aromatic carbocycles. The van der Waals surface area contributed by atoms with Crippen molar-refractivity contribution >= 4 is 11.7 Å². The summed E-state index contributed by atoms with van der Waals surface area (Å²) in [4.78, 5) is 22.5. The molecule has 1 aliphatic rings. The summed E-state index contributed by atoms with van der Waals surface area (Å²) in [6.45, 7) is 2.26. The Hall–Kier alpha value is -1.96. The Morgan fingerprint density at radius 1 is 1.53 bits per heavy atom. The first-order chi connectivity index (χ1) is 8.11. The second-order valence-corrected chi connectivity index (χ2v) is 3.35. The van der Waals surface area contributed by atoms with Gasteiger partial charge >= 0.3 is 5.84 Å². The van der Waals surface area contributed by atoms with E-state index < -0.39 is 10.8 Å². The third-order valence-corrected chi connectivity index (χ3v) is 2.17. The van der Waals surface area contributed by atoms with Crippen molar-refractivity contribution in [2.75, 3.05) is 32.8 Å². The second kappa shape index (κ2) is 6.59. The van der Waals surface area contributed by atoms with Crippen LogP contribution in [0.15, 0.2) is 12.3 Å². The highest BCUT2D eigenvalue weighted by atomic mass is 16.6. The minimum absolute atomic E-state index is 0.0570. The maximum atomic E-state index is 11.6. The number of morpholine rings is 1. The molecule has 0 spiro atoms. The average Bonchev–Trinajstić information content (AvgIpc) is 2.35. The van der Waals surface area contributed by atoms with Gasteiger partial charge in [0.15, 0.2) is 0 Å². The van der Waals surface area contributed by atoms with Gasteiger partial charge in [-0.1, -0.05) is 5.41 Å². The number of hydrogen-bond donors (Lipinski definition) is 2. The van der Waals surface area contributed by atoms with Crippen LogP contribution in [0, 0.1) is 15.5 Å².